The van der Waals surface area contributed by atoms with E-state index in [1.54, 1.807) is 9.13 Å². The van der Waals surface area contributed by atoms with Crippen LogP contribution in [-0.4, -0.2) is 26.3 Å². The minimum Gasteiger partial charge on any atom is -0.478 e. The number of rotatable bonds is 8. The fraction of sp³-hybridized carbons (Fsp3) is 0.176. The zero-order valence-corrected chi connectivity index (χ0v) is 22.1. The van der Waals surface area contributed by atoms with E-state index < -0.39 is 12.1 Å². The Balaban J connectivity index is 1.54. The number of carbonyl (C=O) groups is 1. The van der Waals surface area contributed by atoms with Gasteiger partial charge in [0, 0.05) is 11.1 Å². The first-order chi connectivity index (χ1) is 19.6. The van der Waals surface area contributed by atoms with E-state index in [0.29, 0.717) is 22.8 Å². The molecule has 0 saturated carbocycles. The number of hydrogen-bond donors (Lipinski definition) is 1. The highest BCUT2D eigenvalue weighted by atomic mass is 16.5. The summed E-state index contributed by atoms with van der Waals surface area (Å²) in [6.07, 6.45) is 2.72. The van der Waals surface area contributed by atoms with Gasteiger partial charge in [-0.05, 0) is 55.0 Å². The number of aliphatic carboxylic acids is 1. The maximum atomic E-state index is 14.3. The first-order valence-corrected chi connectivity index (χ1v) is 13.6. The molecule has 1 N–H and O–H groups in total. The predicted octanol–water partition coefficient (Wildman–Crippen LogP) is 6.38. The quantitative estimate of drug-likeness (QED) is 0.253. The van der Waals surface area contributed by atoms with Gasteiger partial charge >= 0.3 is 11.7 Å². The fourth-order valence-electron chi connectivity index (χ4n) is 5.62. The number of carboxylic acids is 1. The van der Waals surface area contributed by atoms with E-state index >= 15 is 0 Å². The molecule has 0 bridgehead atoms. The number of hydrogen-bond acceptors (Lipinski definition) is 3. The lowest BCUT2D eigenvalue weighted by Gasteiger charge is -2.23. The summed E-state index contributed by atoms with van der Waals surface area (Å²) >= 11 is 0. The lowest BCUT2D eigenvalue weighted by Crippen LogP contribution is -2.36. The molecule has 1 aliphatic rings. The van der Waals surface area contributed by atoms with Crippen molar-refractivity contribution in [1.29, 1.82) is 0 Å². The van der Waals surface area contributed by atoms with Crippen molar-refractivity contribution >= 4 is 5.97 Å². The summed E-state index contributed by atoms with van der Waals surface area (Å²) in [5.74, 6) is -0.530. The van der Waals surface area contributed by atoms with Gasteiger partial charge in [0.15, 0.2) is 0 Å². The molecule has 1 aromatic heterocycles. The molecule has 1 aliphatic carbocycles. The van der Waals surface area contributed by atoms with E-state index in [-0.39, 0.29) is 12.2 Å². The van der Waals surface area contributed by atoms with Crippen molar-refractivity contribution in [3.63, 3.8) is 0 Å². The Morgan fingerprint density at radius 1 is 0.750 bits per heavy atom. The van der Waals surface area contributed by atoms with Crippen molar-refractivity contribution in [2.75, 3.05) is 0 Å². The molecule has 200 valence electrons. The number of benzene rings is 4. The van der Waals surface area contributed by atoms with Gasteiger partial charge in [0.05, 0.1) is 23.6 Å². The van der Waals surface area contributed by atoms with Gasteiger partial charge in [-0.15, -0.1) is 0 Å². The van der Waals surface area contributed by atoms with Crippen LogP contribution in [0.15, 0.2) is 114 Å². The smallest absolute Gasteiger partial charge is 0.346 e. The number of para-hydroxylation sites is 1. The highest BCUT2D eigenvalue weighted by Crippen LogP contribution is 2.35. The highest BCUT2D eigenvalue weighted by molar-refractivity contribution is 5.81. The topological polar surface area (TPSA) is 73.5 Å². The van der Waals surface area contributed by atoms with Crippen LogP contribution >= 0.6 is 0 Å². The zero-order valence-electron chi connectivity index (χ0n) is 22.1. The van der Waals surface area contributed by atoms with Gasteiger partial charge in [-0.2, -0.15) is 0 Å². The first-order valence-electron chi connectivity index (χ1n) is 13.6. The van der Waals surface area contributed by atoms with Gasteiger partial charge in [-0.25, -0.2) is 9.59 Å². The third-order valence-corrected chi connectivity index (χ3v) is 7.49. The SMILES string of the molecule is O=C(O)C(Cn1c(-c2ccccc2)c(-c2ccccc2)n(-c2ccccc2)c1=O)Oc1cccc2c1CCCC2. The number of aromatic nitrogens is 2. The summed E-state index contributed by atoms with van der Waals surface area (Å²) in [5.41, 5.74) is 5.66. The van der Waals surface area contributed by atoms with Crippen LogP contribution in [0.3, 0.4) is 0 Å². The molecule has 0 radical (unpaired) electrons. The monoisotopic (exact) mass is 530 g/mol. The molecule has 1 unspecified atom stereocenters. The number of fused-ring (bicyclic) bond motifs is 1. The van der Waals surface area contributed by atoms with Gasteiger partial charge < -0.3 is 9.84 Å². The highest BCUT2D eigenvalue weighted by Gasteiger charge is 2.29. The third-order valence-electron chi connectivity index (χ3n) is 7.49. The van der Waals surface area contributed by atoms with Gasteiger partial charge in [-0.3, -0.25) is 9.13 Å². The van der Waals surface area contributed by atoms with Crippen LogP contribution < -0.4 is 10.4 Å². The number of imidazole rings is 1. The molecular weight excluding hydrogens is 500 g/mol. The molecule has 1 heterocycles. The summed E-state index contributed by atoms with van der Waals surface area (Å²) in [4.78, 5) is 26.9. The van der Waals surface area contributed by atoms with Crippen LogP contribution in [0.5, 0.6) is 5.75 Å². The number of aryl methyl sites for hydroxylation is 1. The van der Waals surface area contributed by atoms with Crippen molar-refractivity contribution in [2.45, 2.75) is 38.3 Å². The van der Waals surface area contributed by atoms with Gasteiger partial charge in [0.1, 0.15) is 5.75 Å². The van der Waals surface area contributed by atoms with Gasteiger partial charge in [0.25, 0.3) is 0 Å². The Bertz CT molecular complexity index is 1690. The molecule has 6 nitrogen and oxygen atoms in total. The largest absolute Gasteiger partial charge is 0.478 e. The standard InChI is InChI=1S/C34H30N2O4/c37-33(38)30(40-29-22-12-18-24-13-10-11-21-28(24)29)23-35-31(25-14-4-1-5-15-25)32(26-16-6-2-7-17-26)36(34(35)39)27-19-8-3-9-20-27/h1-9,12,14-20,22,30H,10-11,13,21,23H2,(H,37,38). The molecule has 0 fully saturated rings. The van der Waals surface area contributed by atoms with Crippen LogP contribution in [0.1, 0.15) is 24.0 Å². The summed E-state index contributed by atoms with van der Waals surface area (Å²) < 4.78 is 9.44. The lowest BCUT2D eigenvalue weighted by molar-refractivity contribution is -0.145. The number of ether oxygens (including phenoxy) is 1. The molecule has 0 amide bonds. The lowest BCUT2D eigenvalue weighted by atomic mass is 9.91. The zero-order chi connectivity index (χ0) is 27.5. The Morgan fingerprint density at radius 2 is 1.35 bits per heavy atom. The molecule has 0 aliphatic heterocycles. The third kappa shape index (κ3) is 4.84. The molecule has 0 saturated heterocycles. The van der Waals surface area contributed by atoms with Crippen LogP contribution in [0.25, 0.3) is 28.2 Å². The van der Waals surface area contributed by atoms with E-state index in [4.69, 9.17) is 4.74 Å². The Labute approximate surface area is 232 Å². The maximum Gasteiger partial charge on any atom is 0.346 e. The maximum absolute atomic E-state index is 14.3. The predicted molar refractivity (Wildman–Crippen MR) is 156 cm³/mol. The van der Waals surface area contributed by atoms with Crippen molar-refractivity contribution in [3.05, 3.63) is 131 Å². The second-order valence-electron chi connectivity index (χ2n) is 10.0. The molecule has 6 rings (SSSR count). The molecular formula is C34H30N2O4. The summed E-state index contributed by atoms with van der Waals surface area (Å²) in [6.45, 7) is -0.151. The minimum absolute atomic E-state index is 0.151. The molecule has 4 aromatic carbocycles. The van der Waals surface area contributed by atoms with E-state index in [0.717, 1.165) is 42.4 Å². The van der Waals surface area contributed by atoms with Crippen molar-refractivity contribution in [2.24, 2.45) is 0 Å². The normalized spacial score (nSPS) is 13.4. The molecule has 1 atom stereocenters. The molecule has 6 heteroatoms. The van der Waals surface area contributed by atoms with Crippen molar-refractivity contribution in [1.82, 2.24) is 9.13 Å². The average molecular weight is 531 g/mol. The number of carboxylic acid groups (broad SMARTS) is 1. The molecule has 5 aromatic rings. The fourth-order valence-corrected chi connectivity index (χ4v) is 5.62. The average Bonchev–Trinajstić information content (AvgIpc) is 3.29. The molecule has 40 heavy (non-hydrogen) atoms. The van der Waals surface area contributed by atoms with Crippen LogP contribution in [0.4, 0.5) is 0 Å². The van der Waals surface area contributed by atoms with E-state index in [2.05, 4.69) is 6.07 Å². The summed E-state index contributed by atoms with van der Waals surface area (Å²) in [5, 5.41) is 10.3. The van der Waals surface area contributed by atoms with Crippen LogP contribution in [0.2, 0.25) is 0 Å². The Hall–Kier alpha value is -4.84. The van der Waals surface area contributed by atoms with E-state index in [9.17, 15) is 14.7 Å². The number of nitrogens with zero attached hydrogens (tertiary/aromatic N) is 2. The van der Waals surface area contributed by atoms with E-state index in [1.165, 1.54) is 5.56 Å². The summed E-state index contributed by atoms with van der Waals surface area (Å²) in [6, 6.07) is 34.7. The van der Waals surface area contributed by atoms with Gasteiger partial charge in [-0.1, -0.05) is 91.0 Å². The Kier molecular flexibility index (Phi) is 7.06. The van der Waals surface area contributed by atoms with Crippen molar-refractivity contribution in [3.8, 4) is 34.0 Å². The Morgan fingerprint density at radius 3 is 2.00 bits per heavy atom. The second kappa shape index (κ2) is 11.1. The van der Waals surface area contributed by atoms with Gasteiger partial charge in [0.2, 0.25) is 6.10 Å². The second-order valence-corrected chi connectivity index (χ2v) is 10.0. The summed E-state index contributed by atoms with van der Waals surface area (Å²) in [7, 11) is 0. The van der Waals surface area contributed by atoms with Crippen LogP contribution in [0, 0.1) is 0 Å². The first kappa shape index (κ1) is 25.4. The molecule has 0 spiro atoms. The van der Waals surface area contributed by atoms with Crippen LogP contribution in [-0.2, 0) is 24.2 Å². The van der Waals surface area contributed by atoms with Crippen molar-refractivity contribution < 1.29 is 14.6 Å². The minimum atomic E-state index is -1.26. The van der Waals surface area contributed by atoms with E-state index in [1.807, 2.05) is 103 Å².